The summed E-state index contributed by atoms with van der Waals surface area (Å²) in [5.41, 5.74) is 1.62. The number of sulfonamides is 1. The van der Waals surface area contributed by atoms with Crippen molar-refractivity contribution in [2.24, 2.45) is 0 Å². The number of rotatable bonds is 3. The second-order valence-electron chi connectivity index (χ2n) is 6.17. The first-order valence-electron chi connectivity index (χ1n) is 7.59. The summed E-state index contributed by atoms with van der Waals surface area (Å²) in [4.78, 5) is 14.4. The first-order valence-corrected chi connectivity index (χ1v) is 9.03. The molecule has 1 fully saturated rings. The molecule has 3 rings (SSSR count). The van der Waals surface area contributed by atoms with E-state index in [2.05, 4.69) is 5.32 Å². The molecular weight excluding hydrogens is 318 g/mol. The molecule has 126 valence electrons. The minimum absolute atomic E-state index is 0.111. The Morgan fingerprint density at radius 1 is 1.39 bits per heavy atom. The van der Waals surface area contributed by atoms with Crippen molar-refractivity contribution < 1.29 is 18.3 Å². The third kappa shape index (κ3) is 2.87. The van der Waals surface area contributed by atoms with Crippen molar-refractivity contribution in [3.63, 3.8) is 0 Å². The summed E-state index contributed by atoms with van der Waals surface area (Å²) in [6, 6.07) is 4.52. The first-order chi connectivity index (χ1) is 10.8. The summed E-state index contributed by atoms with van der Waals surface area (Å²) in [6.45, 7) is 0.945. The molecule has 8 heteroatoms. The Morgan fingerprint density at radius 3 is 2.74 bits per heavy atom. The second-order valence-corrected chi connectivity index (χ2v) is 8.32. The standard InChI is InChI=1S/C15H21N3O4S/c1-17(2)23(21,22)12-4-3-10-5-6-18(14(10)8-12)15(20)13-7-11(19)9-16-13/h3-4,8,11,13,16,19H,5-7,9H2,1-2H3. The molecule has 0 saturated carbocycles. The molecule has 0 radical (unpaired) electrons. The molecule has 0 aliphatic carbocycles. The normalized spacial score (nSPS) is 24.3. The van der Waals surface area contributed by atoms with Gasteiger partial charge < -0.3 is 15.3 Å². The number of anilines is 1. The molecule has 7 nitrogen and oxygen atoms in total. The van der Waals surface area contributed by atoms with Crippen LogP contribution in [0, 0.1) is 0 Å². The van der Waals surface area contributed by atoms with Crippen LogP contribution in [0.15, 0.2) is 23.1 Å². The lowest BCUT2D eigenvalue weighted by Crippen LogP contribution is -2.43. The highest BCUT2D eigenvalue weighted by Gasteiger charge is 2.35. The van der Waals surface area contributed by atoms with Crippen LogP contribution in [0.3, 0.4) is 0 Å². The van der Waals surface area contributed by atoms with Gasteiger partial charge in [-0.05, 0) is 30.5 Å². The average molecular weight is 339 g/mol. The van der Waals surface area contributed by atoms with E-state index in [-0.39, 0.29) is 10.8 Å². The van der Waals surface area contributed by atoms with Crippen LogP contribution in [0.2, 0.25) is 0 Å². The van der Waals surface area contributed by atoms with E-state index in [1.165, 1.54) is 14.1 Å². The SMILES string of the molecule is CN(C)S(=O)(=O)c1ccc2c(c1)N(C(=O)C1CC(O)CN1)CC2. The zero-order chi connectivity index (χ0) is 16.8. The van der Waals surface area contributed by atoms with Crippen molar-refractivity contribution in [2.75, 3.05) is 32.1 Å². The quantitative estimate of drug-likeness (QED) is 0.778. The van der Waals surface area contributed by atoms with E-state index >= 15 is 0 Å². The molecule has 0 aromatic heterocycles. The minimum Gasteiger partial charge on any atom is -0.392 e. The van der Waals surface area contributed by atoms with Gasteiger partial charge in [0.2, 0.25) is 15.9 Å². The van der Waals surface area contributed by atoms with Crippen LogP contribution in [-0.2, 0) is 21.2 Å². The largest absolute Gasteiger partial charge is 0.392 e. The van der Waals surface area contributed by atoms with Gasteiger partial charge in [-0.1, -0.05) is 6.07 Å². The Balaban J connectivity index is 1.91. The number of nitrogens with one attached hydrogen (secondary N) is 1. The van der Waals surface area contributed by atoms with Crippen LogP contribution in [0.5, 0.6) is 0 Å². The number of amides is 1. The highest BCUT2D eigenvalue weighted by molar-refractivity contribution is 7.89. The number of hydrogen-bond donors (Lipinski definition) is 2. The fourth-order valence-electron chi connectivity index (χ4n) is 3.05. The number of hydrogen-bond acceptors (Lipinski definition) is 5. The second kappa shape index (κ2) is 5.86. The van der Waals surface area contributed by atoms with Gasteiger partial charge in [-0.2, -0.15) is 0 Å². The molecule has 2 heterocycles. The van der Waals surface area contributed by atoms with E-state index in [4.69, 9.17) is 0 Å². The van der Waals surface area contributed by atoms with Crippen molar-refractivity contribution in [3.8, 4) is 0 Å². The zero-order valence-corrected chi connectivity index (χ0v) is 14.0. The van der Waals surface area contributed by atoms with E-state index < -0.39 is 22.2 Å². The van der Waals surface area contributed by atoms with Gasteiger partial charge in [0.25, 0.3) is 0 Å². The molecule has 1 aromatic carbocycles. The van der Waals surface area contributed by atoms with E-state index in [0.29, 0.717) is 31.6 Å². The number of fused-ring (bicyclic) bond motifs is 1. The lowest BCUT2D eigenvalue weighted by Gasteiger charge is -2.22. The van der Waals surface area contributed by atoms with E-state index in [1.807, 2.05) is 0 Å². The van der Waals surface area contributed by atoms with E-state index in [0.717, 1.165) is 9.87 Å². The summed E-state index contributed by atoms with van der Waals surface area (Å²) >= 11 is 0. The van der Waals surface area contributed by atoms with Crippen molar-refractivity contribution in [3.05, 3.63) is 23.8 Å². The number of carbonyl (C=O) groups is 1. The summed E-state index contributed by atoms with van der Waals surface area (Å²) in [5.74, 6) is -0.111. The Kier molecular flexibility index (Phi) is 4.18. The molecular formula is C15H21N3O4S. The topological polar surface area (TPSA) is 90.0 Å². The third-order valence-corrected chi connectivity index (χ3v) is 6.21. The van der Waals surface area contributed by atoms with Gasteiger partial charge in [-0.3, -0.25) is 4.79 Å². The predicted molar refractivity (Wildman–Crippen MR) is 85.8 cm³/mol. The Labute approximate surface area is 135 Å². The third-order valence-electron chi connectivity index (χ3n) is 4.40. The average Bonchev–Trinajstić information content (AvgIpc) is 3.11. The van der Waals surface area contributed by atoms with Gasteiger partial charge in [-0.15, -0.1) is 0 Å². The van der Waals surface area contributed by atoms with Crippen molar-refractivity contribution in [1.82, 2.24) is 9.62 Å². The van der Waals surface area contributed by atoms with E-state index in [9.17, 15) is 18.3 Å². The predicted octanol–water partition coefficient (Wildman–Crippen LogP) is -0.451. The van der Waals surface area contributed by atoms with Crippen molar-refractivity contribution >= 4 is 21.6 Å². The minimum atomic E-state index is -3.54. The van der Waals surface area contributed by atoms with Crippen molar-refractivity contribution in [1.29, 1.82) is 0 Å². The van der Waals surface area contributed by atoms with Crippen LogP contribution >= 0.6 is 0 Å². The van der Waals surface area contributed by atoms with Crippen LogP contribution in [0.1, 0.15) is 12.0 Å². The Morgan fingerprint density at radius 2 is 2.13 bits per heavy atom. The van der Waals surface area contributed by atoms with Crippen LogP contribution in [0.25, 0.3) is 0 Å². The number of nitrogens with zero attached hydrogens (tertiary/aromatic N) is 2. The van der Waals surface area contributed by atoms with Gasteiger partial charge in [0.15, 0.2) is 0 Å². The smallest absolute Gasteiger partial charge is 0.244 e. The highest BCUT2D eigenvalue weighted by Crippen LogP contribution is 2.32. The first kappa shape index (κ1) is 16.4. The van der Waals surface area contributed by atoms with Gasteiger partial charge in [0.05, 0.1) is 17.0 Å². The Hall–Kier alpha value is -1.48. The number of carbonyl (C=O) groups excluding carboxylic acids is 1. The van der Waals surface area contributed by atoms with Crippen LogP contribution < -0.4 is 10.2 Å². The lowest BCUT2D eigenvalue weighted by atomic mass is 10.1. The molecule has 1 aromatic rings. The van der Waals surface area contributed by atoms with Crippen molar-refractivity contribution in [2.45, 2.75) is 29.9 Å². The number of β-amino-alcohol motifs (C(OH)–C–C–N with tert-alkyl or cyclic N) is 1. The maximum absolute atomic E-state index is 12.6. The van der Waals surface area contributed by atoms with Crippen LogP contribution in [-0.4, -0.2) is 63.1 Å². The fourth-order valence-corrected chi connectivity index (χ4v) is 3.97. The monoisotopic (exact) mass is 339 g/mol. The van der Waals surface area contributed by atoms with Gasteiger partial charge in [0, 0.05) is 32.9 Å². The summed E-state index contributed by atoms with van der Waals surface area (Å²) in [7, 11) is -0.573. The maximum atomic E-state index is 12.6. The molecule has 2 unspecified atom stereocenters. The lowest BCUT2D eigenvalue weighted by molar-refractivity contribution is -0.120. The van der Waals surface area contributed by atoms with Gasteiger partial charge in [-0.25, -0.2) is 12.7 Å². The fraction of sp³-hybridized carbons (Fsp3) is 0.533. The summed E-state index contributed by atoms with van der Waals surface area (Å²) < 4.78 is 25.7. The maximum Gasteiger partial charge on any atom is 0.244 e. The summed E-state index contributed by atoms with van der Waals surface area (Å²) in [5, 5.41) is 12.6. The number of aliphatic hydroxyl groups excluding tert-OH is 1. The van der Waals surface area contributed by atoms with Gasteiger partial charge >= 0.3 is 0 Å². The zero-order valence-electron chi connectivity index (χ0n) is 13.2. The molecule has 0 bridgehead atoms. The molecule has 1 saturated heterocycles. The number of benzene rings is 1. The molecule has 0 spiro atoms. The molecule has 1 amide bonds. The highest BCUT2D eigenvalue weighted by atomic mass is 32.2. The number of aliphatic hydroxyl groups is 1. The molecule has 2 aliphatic heterocycles. The summed E-state index contributed by atoms with van der Waals surface area (Å²) in [6.07, 6.45) is 0.588. The van der Waals surface area contributed by atoms with E-state index in [1.54, 1.807) is 23.1 Å². The Bertz CT molecular complexity index is 732. The molecule has 2 aliphatic rings. The molecule has 2 atom stereocenters. The van der Waals surface area contributed by atoms with Crippen LogP contribution in [0.4, 0.5) is 5.69 Å². The van der Waals surface area contributed by atoms with Gasteiger partial charge in [0.1, 0.15) is 0 Å². The molecule has 23 heavy (non-hydrogen) atoms. The molecule has 2 N–H and O–H groups in total.